The zero-order chi connectivity index (χ0) is 13.7. The van der Waals surface area contributed by atoms with Crippen LogP contribution < -0.4 is 29.1 Å². The van der Waals surface area contributed by atoms with Crippen molar-refractivity contribution in [1.29, 1.82) is 0 Å². The van der Waals surface area contributed by atoms with Crippen LogP contribution in [0.5, 0.6) is 5.75 Å². The molecule has 20 heavy (non-hydrogen) atoms. The monoisotopic (exact) mass is 384 g/mol. The summed E-state index contributed by atoms with van der Waals surface area (Å²) in [6, 6.07) is 13.2. The van der Waals surface area contributed by atoms with Crippen LogP contribution in [-0.4, -0.2) is 15.8 Å². The minimum atomic E-state index is 0. The number of nitrogens with zero attached hydrogens (tertiary/aromatic N) is 1. The van der Waals surface area contributed by atoms with Gasteiger partial charge in [0.15, 0.2) is 12.3 Å². The molecule has 2 N–H and O–H groups in total. The summed E-state index contributed by atoms with van der Waals surface area (Å²) in [5.41, 5.74) is 3.10. The van der Waals surface area contributed by atoms with Crippen molar-refractivity contribution in [2.75, 3.05) is 0 Å². The zero-order valence-corrected chi connectivity index (χ0v) is 13.6. The fraction of sp³-hybridized carbons (Fsp3) is 0.200. The number of hydrogen-bond donors (Lipinski definition) is 2. The van der Waals surface area contributed by atoms with E-state index in [4.69, 9.17) is 4.84 Å². The first-order valence-electron chi connectivity index (χ1n) is 6.09. The van der Waals surface area contributed by atoms with Gasteiger partial charge in [0.25, 0.3) is 5.71 Å². The van der Waals surface area contributed by atoms with Gasteiger partial charge in [-0.25, -0.2) is 4.98 Å². The van der Waals surface area contributed by atoms with Crippen molar-refractivity contribution in [2.45, 2.75) is 20.5 Å². The Bertz CT molecular complexity index is 586. The van der Waals surface area contributed by atoms with E-state index in [9.17, 15) is 5.11 Å². The number of rotatable bonds is 4. The number of aryl methyl sites for hydroxylation is 1. The Kier molecular flexibility index (Phi) is 6.44. The molecule has 1 aromatic heterocycles. The first-order valence-corrected chi connectivity index (χ1v) is 6.09. The van der Waals surface area contributed by atoms with E-state index in [1.807, 2.05) is 44.2 Å². The maximum atomic E-state index is 9.74. The Labute approximate surface area is 135 Å². The van der Waals surface area contributed by atoms with E-state index < -0.39 is 0 Å². The van der Waals surface area contributed by atoms with Gasteiger partial charge >= 0.3 is 0 Å². The maximum Gasteiger partial charge on any atom is 0.251 e. The van der Waals surface area contributed by atoms with Crippen LogP contribution in [0.25, 0.3) is 0 Å². The summed E-state index contributed by atoms with van der Waals surface area (Å²) >= 11 is 0. The largest absolute Gasteiger partial charge is 1.00 e. The molecule has 0 atom stereocenters. The van der Waals surface area contributed by atoms with Gasteiger partial charge < -0.3 is 29.1 Å². The lowest BCUT2D eigenvalue weighted by molar-refractivity contribution is -0.758. The molecule has 1 heterocycles. The van der Waals surface area contributed by atoms with Gasteiger partial charge in [0, 0.05) is 12.6 Å². The number of pyridine rings is 1. The number of aromatic hydroxyl groups is 1. The smallest absolute Gasteiger partial charge is 0.251 e. The van der Waals surface area contributed by atoms with Crippen LogP contribution in [-0.2, 0) is 11.4 Å². The van der Waals surface area contributed by atoms with Gasteiger partial charge in [-0.3, -0.25) is 4.84 Å². The van der Waals surface area contributed by atoms with Crippen molar-refractivity contribution in [2.24, 2.45) is 0 Å². The zero-order valence-electron chi connectivity index (χ0n) is 11.4. The molecular formula is C15H17IN2O2. The molecule has 106 valence electrons. The average molecular weight is 384 g/mol. The van der Waals surface area contributed by atoms with E-state index in [1.165, 1.54) is 0 Å². The Balaban J connectivity index is 0.00000200. The molecule has 0 bridgehead atoms. The van der Waals surface area contributed by atoms with Crippen molar-refractivity contribution in [3.8, 4) is 5.75 Å². The number of halogens is 1. The molecular weight excluding hydrogens is 367 g/mol. The van der Waals surface area contributed by atoms with Gasteiger partial charge in [-0.2, -0.15) is 0 Å². The number of nitrogens with one attached hydrogen (secondary N) is 1. The minimum Gasteiger partial charge on any atom is -1.00 e. The highest BCUT2D eigenvalue weighted by atomic mass is 127. The molecule has 0 spiro atoms. The lowest BCUT2D eigenvalue weighted by Crippen LogP contribution is -3.00. The Morgan fingerprint density at radius 1 is 1.20 bits per heavy atom. The van der Waals surface area contributed by atoms with E-state index >= 15 is 0 Å². The molecule has 1 aromatic carbocycles. The fourth-order valence-electron chi connectivity index (χ4n) is 1.68. The summed E-state index contributed by atoms with van der Waals surface area (Å²) < 4.78 is 0. The highest BCUT2D eigenvalue weighted by molar-refractivity contribution is 5.94. The Hall–Kier alpha value is -1.63. The lowest BCUT2D eigenvalue weighted by atomic mass is 10.2. The third-order valence-electron chi connectivity index (χ3n) is 2.68. The van der Waals surface area contributed by atoms with Gasteiger partial charge in [0.05, 0.1) is 0 Å². The Morgan fingerprint density at radius 3 is 2.60 bits per heavy atom. The lowest BCUT2D eigenvalue weighted by Gasteiger charge is -2.00. The standard InChI is InChI=1S/C15H16N2O2.HI/c1-11-8-9-14(18)15(16-11)12(2)17-19-10-13-6-4-3-5-7-13;/h3-9,18H,10H2,1-2H3;1H. The SMILES string of the molecule is CC(=[NH+]OCc1ccccc1)c1nc(C)ccc1O.[I-]. The van der Waals surface area contributed by atoms with E-state index in [2.05, 4.69) is 10.1 Å². The number of hydrogen-bond acceptors (Lipinski definition) is 3. The molecule has 2 aromatic rings. The quantitative estimate of drug-likeness (QED) is 0.369. The second-order valence-corrected chi connectivity index (χ2v) is 4.32. The van der Waals surface area contributed by atoms with Crippen molar-refractivity contribution in [3.63, 3.8) is 0 Å². The predicted molar refractivity (Wildman–Crippen MR) is 72.6 cm³/mol. The van der Waals surface area contributed by atoms with Gasteiger partial charge in [-0.1, -0.05) is 30.3 Å². The van der Waals surface area contributed by atoms with Crippen LogP contribution in [0.15, 0.2) is 42.5 Å². The van der Waals surface area contributed by atoms with Gasteiger partial charge in [0.1, 0.15) is 5.75 Å². The van der Waals surface area contributed by atoms with E-state index in [0.717, 1.165) is 11.3 Å². The van der Waals surface area contributed by atoms with Crippen molar-refractivity contribution < 1.29 is 39.1 Å². The summed E-state index contributed by atoms with van der Waals surface area (Å²) in [4.78, 5) is 9.66. The summed E-state index contributed by atoms with van der Waals surface area (Å²) in [7, 11) is 0. The van der Waals surface area contributed by atoms with E-state index in [1.54, 1.807) is 12.1 Å². The van der Waals surface area contributed by atoms with E-state index in [0.29, 0.717) is 18.0 Å². The number of benzene rings is 1. The van der Waals surface area contributed by atoms with Gasteiger partial charge in [-0.15, -0.1) is 0 Å². The molecule has 0 aliphatic rings. The second kappa shape index (κ2) is 7.84. The summed E-state index contributed by atoms with van der Waals surface area (Å²) in [6.45, 7) is 4.14. The van der Waals surface area contributed by atoms with Crippen LogP contribution in [0.2, 0.25) is 0 Å². The third-order valence-corrected chi connectivity index (χ3v) is 2.68. The highest BCUT2D eigenvalue weighted by Crippen LogP contribution is 2.13. The predicted octanol–water partition coefficient (Wildman–Crippen LogP) is -1.88. The number of aromatic nitrogens is 1. The second-order valence-electron chi connectivity index (χ2n) is 4.32. The molecule has 4 nitrogen and oxygen atoms in total. The minimum absolute atomic E-state index is 0. The Morgan fingerprint density at radius 2 is 1.90 bits per heavy atom. The molecule has 5 heteroatoms. The molecule has 2 rings (SSSR count). The molecule has 0 aliphatic carbocycles. The topological polar surface area (TPSA) is 56.3 Å². The molecule has 0 fully saturated rings. The molecule has 0 saturated carbocycles. The fourth-order valence-corrected chi connectivity index (χ4v) is 1.68. The van der Waals surface area contributed by atoms with Crippen LogP contribution in [0.4, 0.5) is 0 Å². The normalized spacial score (nSPS) is 10.8. The molecule has 0 amide bonds. The first kappa shape index (κ1) is 16.4. The first-order chi connectivity index (χ1) is 9.16. The maximum absolute atomic E-state index is 9.74. The van der Waals surface area contributed by atoms with Crippen LogP contribution in [0.3, 0.4) is 0 Å². The highest BCUT2D eigenvalue weighted by Gasteiger charge is 2.12. The van der Waals surface area contributed by atoms with Gasteiger partial charge in [-0.05, 0) is 29.8 Å². The summed E-state index contributed by atoms with van der Waals surface area (Å²) in [5.74, 6) is 0.138. The third kappa shape index (κ3) is 4.48. The summed E-state index contributed by atoms with van der Waals surface area (Å²) in [5, 5.41) is 12.6. The van der Waals surface area contributed by atoms with Crippen molar-refractivity contribution in [1.82, 2.24) is 4.98 Å². The van der Waals surface area contributed by atoms with Crippen molar-refractivity contribution in [3.05, 3.63) is 59.4 Å². The molecule has 0 unspecified atom stereocenters. The summed E-state index contributed by atoms with van der Waals surface area (Å²) in [6.07, 6.45) is 0. The average Bonchev–Trinajstić information content (AvgIpc) is 2.42. The van der Waals surface area contributed by atoms with Crippen molar-refractivity contribution >= 4 is 5.71 Å². The molecule has 0 radical (unpaired) electrons. The van der Waals surface area contributed by atoms with Gasteiger partial charge in [0.2, 0.25) is 0 Å². The molecule has 0 aliphatic heterocycles. The molecule has 0 saturated heterocycles. The van der Waals surface area contributed by atoms with E-state index in [-0.39, 0.29) is 29.7 Å². The van der Waals surface area contributed by atoms with Crippen LogP contribution >= 0.6 is 0 Å². The van der Waals surface area contributed by atoms with Crippen LogP contribution in [0.1, 0.15) is 23.9 Å². The van der Waals surface area contributed by atoms with Crippen LogP contribution in [0, 0.1) is 6.92 Å².